The van der Waals surface area contributed by atoms with E-state index in [4.69, 9.17) is 5.73 Å². The van der Waals surface area contributed by atoms with E-state index in [1.54, 1.807) is 0 Å². The number of carbonyl (C=O) groups excluding carboxylic acids is 1. The Hall–Kier alpha value is -1.50. The molecule has 1 aliphatic carbocycles. The number of hydrogen-bond donors (Lipinski definition) is 2. The largest absolute Gasteiger partial charge is 0.353 e. The smallest absolute Gasteiger partial charge is 0.241 e. The molecule has 7 nitrogen and oxygen atoms in total. The predicted molar refractivity (Wildman–Crippen MR) is 51.5 cm³/mol. The van der Waals surface area contributed by atoms with Crippen LogP contribution in [-0.4, -0.2) is 38.7 Å². The van der Waals surface area contributed by atoms with Gasteiger partial charge in [0.1, 0.15) is 12.9 Å². The zero-order valence-corrected chi connectivity index (χ0v) is 8.33. The number of rotatable bonds is 5. The van der Waals surface area contributed by atoms with Crippen LogP contribution < -0.4 is 11.1 Å². The molecule has 0 saturated heterocycles. The van der Waals surface area contributed by atoms with Gasteiger partial charge in [0.25, 0.3) is 0 Å². The van der Waals surface area contributed by atoms with Gasteiger partial charge in [-0.25, -0.2) is 4.68 Å². The van der Waals surface area contributed by atoms with Crippen LogP contribution in [0.5, 0.6) is 0 Å². The minimum Gasteiger partial charge on any atom is -0.353 e. The average Bonchev–Trinajstić information content (AvgIpc) is 2.95. The summed E-state index contributed by atoms with van der Waals surface area (Å²) in [5.74, 6) is 0.483. The molecule has 1 unspecified atom stereocenters. The molecule has 1 fully saturated rings. The van der Waals surface area contributed by atoms with Gasteiger partial charge in [0.15, 0.2) is 0 Å². The Bertz CT molecular complexity index is 320. The van der Waals surface area contributed by atoms with E-state index in [-0.39, 0.29) is 18.5 Å². The Labute approximate surface area is 87.0 Å². The summed E-state index contributed by atoms with van der Waals surface area (Å²) in [7, 11) is 0. The van der Waals surface area contributed by atoms with Crippen LogP contribution in [0, 0.1) is 5.92 Å². The molecule has 1 aromatic rings. The van der Waals surface area contributed by atoms with Crippen molar-refractivity contribution in [3.63, 3.8) is 0 Å². The van der Waals surface area contributed by atoms with Crippen molar-refractivity contribution in [1.29, 1.82) is 0 Å². The number of hydrogen-bond acceptors (Lipinski definition) is 5. The first-order valence-electron chi connectivity index (χ1n) is 4.99. The second-order valence-corrected chi connectivity index (χ2v) is 3.81. The Balaban J connectivity index is 1.68. The van der Waals surface area contributed by atoms with E-state index in [0.29, 0.717) is 12.5 Å². The summed E-state index contributed by atoms with van der Waals surface area (Å²) in [4.78, 5) is 11.4. The zero-order chi connectivity index (χ0) is 10.7. The van der Waals surface area contributed by atoms with Crippen molar-refractivity contribution < 1.29 is 4.79 Å². The van der Waals surface area contributed by atoms with Crippen LogP contribution in [0.1, 0.15) is 12.8 Å². The lowest BCUT2D eigenvalue weighted by atomic mass is 10.2. The molecule has 0 bridgehead atoms. The molecule has 0 aromatic carbocycles. The van der Waals surface area contributed by atoms with Gasteiger partial charge >= 0.3 is 0 Å². The predicted octanol–water partition coefficient (Wildman–Crippen LogP) is -1.47. The number of aromatic nitrogens is 4. The molecular weight excluding hydrogens is 196 g/mol. The Morgan fingerprint density at radius 1 is 1.67 bits per heavy atom. The van der Waals surface area contributed by atoms with Gasteiger partial charge in [0.05, 0.1) is 0 Å². The molecular formula is C8H14N6O. The summed E-state index contributed by atoms with van der Waals surface area (Å²) >= 11 is 0. The molecule has 1 saturated carbocycles. The van der Waals surface area contributed by atoms with Crippen molar-refractivity contribution >= 4 is 5.91 Å². The average molecular weight is 210 g/mol. The molecule has 1 atom stereocenters. The van der Waals surface area contributed by atoms with Gasteiger partial charge in [-0.15, -0.1) is 5.10 Å². The van der Waals surface area contributed by atoms with Gasteiger partial charge in [-0.3, -0.25) is 4.79 Å². The van der Waals surface area contributed by atoms with Crippen molar-refractivity contribution in [1.82, 2.24) is 25.5 Å². The third-order valence-corrected chi connectivity index (χ3v) is 2.46. The first kappa shape index (κ1) is 10.0. The second kappa shape index (κ2) is 4.35. The lowest BCUT2D eigenvalue weighted by Gasteiger charge is -2.10. The number of nitrogens with zero attached hydrogens (tertiary/aromatic N) is 4. The molecule has 1 heterocycles. The monoisotopic (exact) mass is 210 g/mol. The van der Waals surface area contributed by atoms with E-state index in [1.807, 2.05) is 0 Å². The summed E-state index contributed by atoms with van der Waals surface area (Å²) in [5, 5.41) is 13.2. The van der Waals surface area contributed by atoms with E-state index in [2.05, 4.69) is 20.8 Å². The maximum atomic E-state index is 11.4. The minimum absolute atomic E-state index is 0.0859. The topological polar surface area (TPSA) is 98.7 Å². The number of amides is 1. The number of tetrazole rings is 1. The quantitative estimate of drug-likeness (QED) is 0.618. The molecule has 82 valence electrons. The fourth-order valence-electron chi connectivity index (χ4n) is 1.38. The molecule has 7 heteroatoms. The first-order valence-corrected chi connectivity index (χ1v) is 4.99. The highest BCUT2D eigenvalue weighted by Gasteiger charge is 2.28. The highest BCUT2D eigenvalue weighted by molar-refractivity contribution is 5.75. The zero-order valence-electron chi connectivity index (χ0n) is 8.33. The normalized spacial score (nSPS) is 17.4. The molecule has 0 radical (unpaired) electrons. The molecule has 1 aliphatic rings. The van der Waals surface area contributed by atoms with Crippen LogP contribution in [0.25, 0.3) is 0 Å². The first-order chi connectivity index (χ1) is 7.25. The van der Waals surface area contributed by atoms with Crippen molar-refractivity contribution in [3.8, 4) is 0 Å². The standard InChI is InChI=1S/C8H14N6O/c9-7(6-1-2-6)3-10-8(15)4-14-5-11-12-13-14/h5-7H,1-4,9H2,(H,10,15). The third-order valence-electron chi connectivity index (χ3n) is 2.46. The van der Waals surface area contributed by atoms with Gasteiger partial charge in [-0.2, -0.15) is 0 Å². The highest BCUT2D eigenvalue weighted by Crippen LogP contribution is 2.31. The van der Waals surface area contributed by atoms with Crippen LogP contribution in [0.2, 0.25) is 0 Å². The van der Waals surface area contributed by atoms with E-state index in [9.17, 15) is 4.79 Å². The minimum atomic E-state index is -0.113. The lowest BCUT2D eigenvalue weighted by molar-refractivity contribution is -0.121. The molecule has 1 aromatic heterocycles. The van der Waals surface area contributed by atoms with Gasteiger partial charge in [-0.05, 0) is 29.2 Å². The summed E-state index contributed by atoms with van der Waals surface area (Å²) < 4.78 is 1.37. The number of nitrogens with one attached hydrogen (secondary N) is 1. The maximum absolute atomic E-state index is 11.4. The molecule has 1 amide bonds. The van der Waals surface area contributed by atoms with Crippen molar-refractivity contribution in [2.45, 2.75) is 25.4 Å². The molecule has 2 rings (SSSR count). The van der Waals surface area contributed by atoms with E-state index >= 15 is 0 Å². The summed E-state index contributed by atoms with van der Waals surface area (Å²) in [6.45, 7) is 0.677. The van der Waals surface area contributed by atoms with Crippen molar-refractivity contribution in [2.24, 2.45) is 11.7 Å². The third kappa shape index (κ3) is 2.98. The van der Waals surface area contributed by atoms with Crippen LogP contribution in [0.15, 0.2) is 6.33 Å². The molecule has 0 spiro atoms. The Kier molecular flexibility index (Phi) is 2.91. The van der Waals surface area contributed by atoms with Gasteiger partial charge in [-0.1, -0.05) is 0 Å². The van der Waals surface area contributed by atoms with Crippen LogP contribution in [0.3, 0.4) is 0 Å². The van der Waals surface area contributed by atoms with Crippen molar-refractivity contribution in [3.05, 3.63) is 6.33 Å². The van der Waals surface area contributed by atoms with E-state index < -0.39 is 0 Å². The van der Waals surface area contributed by atoms with E-state index in [0.717, 1.165) is 0 Å². The van der Waals surface area contributed by atoms with Crippen molar-refractivity contribution in [2.75, 3.05) is 6.54 Å². The molecule has 15 heavy (non-hydrogen) atoms. The lowest BCUT2D eigenvalue weighted by Crippen LogP contribution is -2.39. The summed E-state index contributed by atoms with van der Waals surface area (Å²) in [5.41, 5.74) is 5.84. The van der Waals surface area contributed by atoms with Crippen LogP contribution in [-0.2, 0) is 11.3 Å². The molecule has 3 N–H and O–H groups in total. The Morgan fingerprint density at radius 3 is 3.07 bits per heavy atom. The van der Waals surface area contributed by atoms with Gasteiger partial charge < -0.3 is 11.1 Å². The summed E-state index contributed by atoms with van der Waals surface area (Å²) in [6, 6.07) is 0.0859. The van der Waals surface area contributed by atoms with Crippen LogP contribution >= 0.6 is 0 Å². The van der Waals surface area contributed by atoms with E-state index in [1.165, 1.54) is 23.9 Å². The summed E-state index contributed by atoms with van der Waals surface area (Å²) in [6.07, 6.45) is 3.77. The maximum Gasteiger partial charge on any atom is 0.241 e. The SMILES string of the molecule is NC(CNC(=O)Cn1cnnn1)C1CC1. The second-order valence-electron chi connectivity index (χ2n) is 3.81. The Morgan fingerprint density at radius 2 is 2.47 bits per heavy atom. The number of nitrogens with two attached hydrogens (primary N) is 1. The number of carbonyl (C=O) groups is 1. The van der Waals surface area contributed by atoms with Crippen LogP contribution in [0.4, 0.5) is 0 Å². The fourth-order valence-corrected chi connectivity index (χ4v) is 1.38. The highest BCUT2D eigenvalue weighted by atomic mass is 16.2. The molecule has 0 aliphatic heterocycles. The fraction of sp³-hybridized carbons (Fsp3) is 0.750. The van der Waals surface area contributed by atoms with Gasteiger partial charge in [0.2, 0.25) is 5.91 Å². The van der Waals surface area contributed by atoms with Gasteiger partial charge in [0, 0.05) is 12.6 Å².